The summed E-state index contributed by atoms with van der Waals surface area (Å²) in [4.78, 5) is 39.7. The van der Waals surface area contributed by atoms with Gasteiger partial charge in [0.05, 0.1) is 10.6 Å². The van der Waals surface area contributed by atoms with E-state index < -0.39 is 10.8 Å². The van der Waals surface area contributed by atoms with Gasteiger partial charge in [0.2, 0.25) is 0 Å². The maximum Gasteiger partial charge on any atom is 0.276 e. The molecule has 0 saturated heterocycles. The lowest BCUT2D eigenvalue weighted by Crippen LogP contribution is -2.12. The number of benzene rings is 1. The highest BCUT2D eigenvalue weighted by molar-refractivity contribution is 7.14. The molecule has 0 aliphatic rings. The van der Waals surface area contributed by atoms with Gasteiger partial charge in [-0.15, -0.1) is 22.7 Å². The van der Waals surface area contributed by atoms with E-state index in [2.05, 4.69) is 25.3 Å². The van der Waals surface area contributed by atoms with Crippen LogP contribution in [0.3, 0.4) is 0 Å². The van der Waals surface area contributed by atoms with Crippen molar-refractivity contribution in [2.75, 3.05) is 5.32 Å². The Morgan fingerprint density at radius 3 is 2.68 bits per heavy atom. The summed E-state index contributed by atoms with van der Waals surface area (Å²) in [6.07, 6.45) is 3.21. The molecular formula is C17H10N6O3S2. The summed E-state index contributed by atoms with van der Waals surface area (Å²) < 4.78 is 0. The number of nitro benzene ring substituents is 1. The molecule has 1 N–H and O–H groups in total. The van der Waals surface area contributed by atoms with Crippen molar-refractivity contribution in [2.24, 2.45) is 0 Å². The standard InChI is InChI=1S/C17H10N6O3S2/c24-15(13-9-27-16(20-13)14-18-5-2-6-19-14)22-17-21-12(8-28-17)10-3-1-4-11(7-10)23(25)26/h1-9H,(H,21,22,24). The van der Waals surface area contributed by atoms with Crippen molar-refractivity contribution in [3.63, 3.8) is 0 Å². The number of non-ortho nitro benzene ring substituents is 1. The molecule has 11 heteroatoms. The summed E-state index contributed by atoms with van der Waals surface area (Å²) in [5.74, 6) is 0.0483. The Balaban J connectivity index is 1.50. The monoisotopic (exact) mass is 410 g/mol. The zero-order chi connectivity index (χ0) is 19.5. The Kier molecular flexibility index (Phi) is 4.83. The number of nitrogens with zero attached hydrogens (tertiary/aromatic N) is 5. The quantitative estimate of drug-likeness (QED) is 0.391. The van der Waals surface area contributed by atoms with Gasteiger partial charge in [0.1, 0.15) is 5.69 Å². The number of hydrogen-bond acceptors (Lipinski definition) is 9. The normalized spacial score (nSPS) is 10.6. The van der Waals surface area contributed by atoms with E-state index in [1.807, 2.05) is 0 Å². The highest BCUT2D eigenvalue weighted by Crippen LogP contribution is 2.28. The minimum atomic E-state index is -0.463. The topological polar surface area (TPSA) is 124 Å². The molecule has 0 atom stereocenters. The molecule has 4 aromatic rings. The molecule has 1 amide bonds. The molecule has 4 rings (SSSR count). The van der Waals surface area contributed by atoms with Gasteiger partial charge in [-0.1, -0.05) is 12.1 Å². The Morgan fingerprint density at radius 1 is 1.07 bits per heavy atom. The number of hydrogen-bond donors (Lipinski definition) is 1. The van der Waals surface area contributed by atoms with Crippen LogP contribution in [-0.4, -0.2) is 30.8 Å². The third-order valence-electron chi connectivity index (χ3n) is 3.57. The smallest absolute Gasteiger partial charge is 0.276 e. The van der Waals surface area contributed by atoms with Gasteiger partial charge in [-0.2, -0.15) is 0 Å². The van der Waals surface area contributed by atoms with Crippen molar-refractivity contribution >= 4 is 39.4 Å². The summed E-state index contributed by atoms with van der Waals surface area (Å²) in [6.45, 7) is 0. The van der Waals surface area contributed by atoms with E-state index in [0.29, 0.717) is 27.2 Å². The predicted molar refractivity (Wildman–Crippen MR) is 105 cm³/mol. The van der Waals surface area contributed by atoms with Crippen LogP contribution in [0.4, 0.5) is 10.8 Å². The van der Waals surface area contributed by atoms with Crippen molar-refractivity contribution in [1.82, 2.24) is 19.9 Å². The maximum absolute atomic E-state index is 12.4. The van der Waals surface area contributed by atoms with Crippen LogP contribution in [-0.2, 0) is 0 Å². The van der Waals surface area contributed by atoms with E-state index in [1.165, 1.54) is 34.8 Å². The number of amides is 1. The molecule has 0 bridgehead atoms. The van der Waals surface area contributed by atoms with E-state index in [1.54, 1.807) is 41.4 Å². The number of aromatic nitrogens is 4. The number of carbonyl (C=O) groups excluding carboxylic acids is 1. The van der Waals surface area contributed by atoms with Crippen LogP contribution >= 0.6 is 22.7 Å². The molecule has 0 aliphatic carbocycles. The Hall–Kier alpha value is -3.57. The van der Waals surface area contributed by atoms with Crippen LogP contribution < -0.4 is 5.32 Å². The molecule has 3 heterocycles. The molecule has 0 fully saturated rings. The molecule has 0 radical (unpaired) electrons. The summed E-state index contributed by atoms with van der Waals surface area (Å²) in [5, 5.41) is 17.9. The molecule has 0 unspecified atom stereocenters. The number of rotatable bonds is 5. The van der Waals surface area contributed by atoms with E-state index in [0.717, 1.165) is 0 Å². The third-order valence-corrected chi connectivity index (χ3v) is 5.17. The van der Waals surface area contributed by atoms with Crippen LogP contribution in [0.25, 0.3) is 22.1 Å². The Morgan fingerprint density at radius 2 is 1.89 bits per heavy atom. The second-order valence-corrected chi connectivity index (χ2v) is 7.13. The first kappa shape index (κ1) is 17.8. The largest absolute Gasteiger partial charge is 0.296 e. The van der Waals surface area contributed by atoms with Crippen LogP contribution in [0, 0.1) is 10.1 Å². The van der Waals surface area contributed by atoms with E-state index >= 15 is 0 Å². The SMILES string of the molecule is O=C(Nc1nc(-c2cccc([N+](=O)[O-])c2)cs1)c1csc(-c2ncccn2)n1. The molecule has 0 spiro atoms. The van der Waals surface area contributed by atoms with Gasteiger partial charge in [-0.3, -0.25) is 20.2 Å². The summed E-state index contributed by atoms with van der Waals surface area (Å²) >= 11 is 2.49. The second-order valence-electron chi connectivity index (χ2n) is 5.41. The predicted octanol–water partition coefficient (Wildman–Crippen LogP) is 3.88. The highest BCUT2D eigenvalue weighted by Gasteiger charge is 2.16. The first-order valence-corrected chi connectivity index (χ1v) is 9.61. The summed E-state index contributed by atoms with van der Waals surface area (Å²) in [6, 6.07) is 7.86. The average Bonchev–Trinajstić information content (AvgIpc) is 3.39. The zero-order valence-corrected chi connectivity index (χ0v) is 15.6. The van der Waals surface area contributed by atoms with Crippen LogP contribution in [0.2, 0.25) is 0 Å². The molecular weight excluding hydrogens is 400 g/mol. The van der Waals surface area contributed by atoms with Gasteiger partial charge >= 0.3 is 0 Å². The van der Waals surface area contributed by atoms with E-state index in [4.69, 9.17) is 0 Å². The summed E-state index contributed by atoms with van der Waals surface area (Å²) in [7, 11) is 0. The fourth-order valence-corrected chi connectivity index (χ4v) is 3.75. The molecule has 28 heavy (non-hydrogen) atoms. The number of nitrogens with one attached hydrogen (secondary N) is 1. The lowest BCUT2D eigenvalue weighted by atomic mass is 10.1. The van der Waals surface area contributed by atoms with Crippen molar-refractivity contribution in [3.8, 4) is 22.1 Å². The molecule has 0 saturated carbocycles. The number of anilines is 1. The lowest BCUT2D eigenvalue weighted by Gasteiger charge is -1.99. The Bertz CT molecular complexity index is 1160. The minimum absolute atomic E-state index is 0.0192. The molecule has 0 aliphatic heterocycles. The van der Waals surface area contributed by atoms with Gasteiger partial charge in [0.25, 0.3) is 11.6 Å². The van der Waals surface area contributed by atoms with Crippen LogP contribution in [0.5, 0.6) is 0 Å². The van der Waals surface area contributed by atoms with Gasteiger partial charge in [-0.25, -0.2) is 19.9 Å². The van der Waals surface area contributed by atoms with Gasteiger partial charge in [0, 0.05) is 40.8 Å². The minimum Gasteiger partial charge on any atom is -0.296 e. The van der Waals surface area contributed by atoms with Gasteiger partial charge < -0.3 is 0 Å². The molecule has 138 valence electrons. The van der Waals surface area contributed by atoms with Crippen molar-refractivity contribution < 1.29 is 9.72 Å². The third kappa shape index (κ3) is 3.75. The fraction of sp³-hybridized carbons (Fsp3) is 0. The van der Waals surface area contributed by atoms with Gasteiger partial charge in [-0.05, 0) is 6.07 Å². The molecule has 1 aromatic carbocycles. The van der Waals surface area contributed by atoms with Crippen molar-refractivity contribution in [2.45, 2.75) is 0 Å². The van der Waals surface area contributed by atoms with E-state index in [-0.39, 0.29) is 11.4 Å². The average molecular weight is 410 g/mol. The first-order chi connectivity index (χ1) is 13.6. The van der Waals surface area contributed by atoms with Crippen LogP contribution in [0.15, 0.2) is 53.5 Å². The first-order valence-electron chi connectivity index (χ1n) is 7.85. The van der Waals surface area contributed by atoms with Crippen molar-refractivity contribution in [3.05, 3.63) is 69.3 Å². The summed E-state index contributed by atoms with van der Waals surface area (Å²) in [5.41, 5.74) is 1.36. The fourth-order valence-electron chi connectivity index (χ4n) is 2.29. The lowest BCUT2D eigenvalue weighted by molar-refractivity contribution is -0.384. The Labute approximate surface area is 165 Å². The second kappa shape index (κ2) is 7.58. The number of carbonyl (C=O) groups is 1. The molecule has 3 aromatic heterocycles. The van der Waals surface area contributed by atoms with Crippen molar-refractivity contribution in [1.29, 1.82) is 0 Å². The number of thiazole rings is 2. The zero-order valence-electron chi connectivity index (χ0n) is 14.0. The maximum atomic E-state index is 12.4. The van der Waals surface area contributed by atoms with Gasteiger partial charge in [0.15, 0.2) is 16.0 Å². The van der Waals surface area contributed by atoms with E-state index in [9.17, 15) is 14.9 Å². The highest BCUT2D eigenvalue weighted by atomic mass is 32.1. The molecule has 9 nitrogen and oxygen atoms in total. The number of nitro groups is 1. The van der Waals surface area contributed by atoms with Crippen LogP contribution in [0.1, 0.15) is 10.5 Å².